The van der Waals surface area contributed by atoms with E-state index in [-0.39, 0.29) is 0 Å². The lowest BCUT2D eigenvalue weighted by atomic mass is 9.89. The van der Waals surface area contributed by atoms with Gasteiger partial charge in [-0.05, 0) is 18.3 Å². The molecule has 1 rings (SSSR count). The van der Waals surface area contributed by atoms with Gasteiger partial charge in [-0.2, -0.15) is 0 Å². The van der Waals surface area contributed by atoms with Crippen LogP contribution in [0.4, 0.5) is 0 Å². The number of isocyanates is 1. The summed E-state index contributed by atoms with van der Waals surface area (Å²) in [7, 11) is 0. The van der Waals surface area contributed by atoms with Gasteiger partial charge in [0.15, 0.2) is 0 Å². The number of aliphatic imine (C=N–C) groups is 1. The van der Waals surface area contributed by atoms with E-state index in [1.54, 1.807) is 6.08 Å². The zero-order valence-electron chi connectivity index (χ0n) is 6.39. The van der Waals surface area contributed by atoms with Crippen molar-refractivity contribution < 1.29 is 4.79 Å². The molecule has 0 atom stereocenters. The summed E-state index contributed by atoms with van der Waals surface area (Å²) in [6.45, 7) is 2.87. The van der Waals surface area contributed by atoms with Crippen LogP contribution in [0, 0.1) is 5.41 Å². The molecule has 0 radical (unpaired) electrons. The largest absolute Gasteiger partial charge is 0.234 e. The van der Waals surface area contributed by atoms with Crippen LogP contribution in [0.2, 0.25) is 0 Å². The van der Waals surface area contributed by atoms with E-state index in [1.807, 2.05) is 0 Å². The molecule has 1 aliphatic rings. The minimum atomic E-state index is 0.317. The van der Waals surface area contributed by atoms with E-state index >= 15 is 0 Å². The van der Waals surface area contributed by atoms with Gasteiger partial charge in [0.25, 0.3) is 0 Å². The van der Waals surface area contributed by atoms with Crippen LogP contribution in [-0.4, -0.2) is 12.6 Å². The van der Waals surface area contributed by atoms with Crippen molar-refractivity contribution in [1.29, 1.82) is 0 Å². The molecular weight excluding hydrogens is 126 g/mol. The van der Waals surface area contributed by atoms with Crippen LogP contribution < -0.4 is 0 Å². The van der Waals surface area contributed by atoms with Gasteiger partial charge in [0.05, 0.1) is 6.54 Å². The van der Waals surface area contributed by atoms with Gasteiger partial charge in [-0.25, -0.2) is 9.79 Å². The van der Waals surface area contributed by atoms with Gasteiger partial charge < -0.3 is 0 Å². The maximum atomic E-state index is 9.81. The highest BCUT2D eigenvalue weighted by Gasteiger charge is 2.27. The van der Waals surface area contributed by atoms with Crippen LogP contribution in [0.25, 0.3) is 0 Å². The van der Waals surface area contributed by atoms with Gasteiger partial charge in [-0.15, -0.1) is 0 Å². The Balaban J connectivity index is 2.42. The zero-order valence-corrected chi connectivity index (χ0v) is 6.39. The van der Waals surface area contributed by atoms with Gasteiger partial charge >= 0.3 is 0 Å². The summed E-state index contributed by atoms with van der Waals surface area (Å²) in [5, 5.41) is 0. The lowest BCUT2D eigenvalue weighted by molar-refractivity contribution is 0.350. The van der Waals surface area contributed by atoms with Crippen LogP contribution in [0.15, 0.2) is 4.99 Å². The van der Waals surface area contributed by atoms with Gasteiger partial charge in [0.1, 0.15) is 0 Å². The fraction of sp³-hybridized carbons (Fsp3) is 0.875. The quantitative estimate of drug-likeness (QED) is 0.424. The molecule has 0 bridgehead atoms. The van der Waals surface area contributed by atoms with Crippen molar-refractivity contribution in [3.05, 3.63) is 0 Å². The molecule has 2 nitrogen and oxygen atoms in total. The van der Waals surface area contributed by atoms with E-state index in [0.29, 0.717) is 12.0 Å². The molecule has 1 fully saturated rings. The minimum Gasteiger partial charge on any atom is -0.211 e. The molecule has 0 amide bonds. The molecule has 0 heterocycles. The van der Waals surface area contributed by atoms with Crippen molar-refractivity contribution >= 4 is 6.08 Å². The summed E-state index contributed by atoms with van der Waals surface area (Å²) in [4.78, 5) is 13.4. The third kappa shape index (κ3) is 1.68. The van der Waals surface area contributed by atoms with Crippen molar-refractivity contribution in [3.63, 3.8) is 0 Å². The van der Waals surface area contributed by atoms with Crippen molar-refractivity contribution in [1.82, 2.24) is 0 Å². The average molecular weight is 139 g/mol. The maximum Gasteiger partial charge on any atom is 0.234 e. The molecule has 0 spiro atoms. The monoisotopic (exact) mass is 139 g/mol. The summed E-state index contributed by atoms with van der Waals surface area (Å²) in [6.07, 6.45) is 6.63. The highest BCUT2D eigenvalue weighted by Crippen LogP contribution is 2.37. The lowest BCUT2D eigenvalue weighted by Crippen LogP contribution is -2.14. The maximum absolute atomic E-state index is 9.81. The molecule has 0 aliphatic heterocycles. The Kier molecular flexibility index (Phi) is 2.23. The number of hydrogen-bond donors (Lipinski definition) is 0. The highest BCUT2D eigenvalue weighted by atomic mass is 16.1. The van der Waals surface area contributed by atoms with Gasteiger partial charge in [-0.1, -0.05) is 19.8 Å². The van der Waals surface area contributed by atoms with Crippen LogP contribution >= 0.6 is 0 Å². The third-order valence-corrected chi connectivity index (χ3v) is 2.34. The fourth-order valence-corrected chi connectivity index (χ4v) is 1.61. The predicted molar refractivity (Wildman–Crippen MR) is 39.6 cm³/mol. The SMILES string of the molecule is CC1(CN=C=O)CCCC1. The summed E-state index contributed by atoms with van der Waals surface area (Å²) >= 11 is 0. The van der Waals surface area contributed by atoms with E-state index in [2.05, 4.69) is 11.9 Å². The molecule has 1 aliphatic carbocycles. The first-order valence-corrected chi connectivity index (χ1v) is 3.80. The molecule has 0 saturated heterocycles. The van der Waals surface area contributed by atoms with Crippen molar-refractivity contribution in [2.45, 2.75) is 32.6 Å². The van der Waals surface area contributed by atoms with Crippen LogP contribution in [0.5, 0.6) is 0 Å². The number of hydrogen-bond acceptors (Lipinski definition) is 2. The Morgan fingerprint density at radius 3 is 2.60 bits per heavy atom. The normalized spacial score (nSPS) is 22.1. The van der Waals surface area contributed by atoms with E-state index in [0.717, 1.165) is 0 Å². The summed E-state index contributed by atoms with van der Waals surface area (Å²) in [5.74, 6) is 0. The molecule has 1 saturated carbocycles. The van der Waals surface area contributed by atoms with E-state index in [1.165, 1.54) is 25.7 Å². The molecule has 56 valence electrons. The molecule has 10 heavy (non-hydrogen) atoms. The second-order valence-electron chi connectivity index (χ2n) is 3.43. The minimum absolute atomic E-state index is 0.317. The topological polar surface area (TPSA) is 29.4 Å². The van der Waals surface area contributed by atoms with Crippen molar-refractivity contribution in [2.75, 3.05) is 6.54 Å². The van der Waals surface area contributed by atoms with E-state index in [9.17, 15) is 4.79 Å². The molecule has 0 N–H and O–H groups in total. The molecule has 0 aromatic carbocycles. The summed E-state index contributed by atoms with van der Waals surface area (Å²) in [5.41, 5.74) is 0.317. The third-order valence-electron chi connectivity index (χ3n) is 2.34. The second kappa shape index (κ2) is 2.98. The fourth-order valence-electron chi connectivity index (χ4n) is 1.61. The summed E-state index contributed by atoms with van der Waals surface area (Å²) in [6, 6.07) is 0. The molecule has 2 heteroatoms. The first kappa shape index (κ1) is 7.49. The Labute approximate surface area is 61.3 Å². The Hall–Kier alpha value is -0.620. The van der Waals surface area contributed by atoms with Crippen molar-refractivity contribution in [3.8, 4) is 0 Å². The Bertz CT molecular complexity index is 153. The molecular formula is C8H13NO. The molecule has 0 aromatic heterocycles. The first-order chi connectivity index (χ1) is 4.77. The Morgan fingerprint density at radius 1 is 1.50 bits per heavy atom. The summed E-state index contributed by atoms with van der Waals surface area (Å²) < 4.78 is 0. The van der Waals surface area contributed by atoms with E-state index < -0.39 is 0 Å². The van der Waals surface area contributed by atoms with Gasteiger partial charge in [0.2, 0.25) is 6.08 Å². The zero-order chi connectivity index (χ0) is 7.45. The van der Waals surface area contributed by atoms with Crippen LogP contribution in [-0.2, 0) is 4.79 Å². The standard InChI is InChI=1S/C8H13NO/c1-8(6-9-7-10)4-2-3-5-8/h2-6H2,1H3. The highest BCUT2D eigenvalue weighted by molar-refractivity contribution is 5.33. The van der Waals surface area contributed by atoms with Gasteiger partial charge in [-0.3, -0.25) is 0 Å². The van der Waals surface area contributed by atoms with Gasteiger partial charge in [0, 0.05) is 0 Å². The lowest BCUT2D eigenvalue weighted by Gasteiger charge is -2.18. The van der Waals surface area contributed by atoms with Crippen molar-refractivity contribution in [2.24, 2.45) is 10.4 Å². The molecule has 0 aromatic rings. The van der Waals surface area contributed by atoms with Crippen LogP contribution in [0.3, 0.4) is 0 Å². The van der Waals surface area contributed by atoms with E-state index in [4.69, 9.17) is 0 Å². The number of nitrogens with zero attached hydrogens (tertiary/aromatic N) is 1. The number of rotatable bonds is 2. The predicted octanol–water partition coefficient (Wildman–Crippen LogP) is 1.90. The smallest absolute Gasteiger partial charge is 0.211 e. The first-order valence-electron chi connectivity index (χ1n) is 3.80. The second-order valence-corrected chi connectivity index (χ2v) is 3.43. The average Bonchev–Trinajstić information content (AvgIpc) is 2.33. The number of carbonyl (C=O) groups excluding carboxylic acids is 1. The molecule has 0 unspecified atom stereocenters. The van der Waals surface area contributed by atoms with Crippen LogP contribution in [0.1, 0.15) is 32.6 Å². The Morgan fingerprint density at radius 2 is 2.10 bits per heavy atom.